The minimum Gasteiger partial charge on any atom is -0.354 e. The van der Waals surface area contributed by atoms with Gasteiger partial charge in [0, 0.05) is 38.1 Å². The van der Waals surface area contributed by atoms with Crippen LogP contribution < -0.4 is 16.0 Å². The maximum Gasteiger partial charge on any atom is 0.315 e. The Bertz CT molecular complexity index is 484. The molecule has 3 amide bonds. The summed E-state index contributed by atoms with van der Waals surface area (Å²) in [6.45, 7) is 5.20. The van der Waals surface area contributed by atoms with Crippen molar-refractivity contribution >= 4 is 22.0 Å². The van der Waals surface area contributed by atoms with Crippen molar-refractivity contribution in [2.75, 3.05) is 32.4 Å². The lowest BCUT2D eigenvalue weighted by Gasteiger charge is -2.30. The van der Waals surface area contributed by atoms with Crippen LogP contribution in [0.2, 0.25) is 0 Å². The lowest BCUT2D eigenvalue weighted by molar-refractivity contribution is -0.123. The molecule has 0 unspecified atom stereocenters. The first kappa shape index (κ1) is 18.7. The fourth-order valence-electron chi connectivity index (χ4n) is 2.13. The van der Waals surface area contributed by atoms with Gasteiger partial charge >= 0.3 is 6.03 Å². The Morgan fingerprint density at radius 1 is 1.14 bits per heavy atom. The Kier molecular flexibility index (Phi) is 7.08. The highest BCUT2D eigenvalue weighted by atomic mass is 32.2. The summed E-state index contributed by atoms with van der Waals surface area (Å²) < 4.78 is 24.2. The molecule has 128 valence electrons. The summed E-state index contributed by atoms with van der Waals surface area (Å²) in [5, 5.41) is 8.20. The number of piperidine rings is 1. The monoisotopic (exact) mass is 334 g/mol. The van der Waals surface area contributed by atoms with Gasteiger partial charge in [-0.1, -0.05) is 13.8 Å². The smallest absolute Gasteiger partial charge is 0.315 e. The van der Waals surface area contributed by atoms with Crippen LogP contribution in [0, 0.1) is 5.92 Å². The molecule has 22 heavy (non-hydrogen) atoms. The molecule has 0 radical (unpaired) electrons. The summed E-state index contributed by atoms with van der Waals surface area (Å²) in [6.07, 6.45) is 2.40. The van der Waals surface area contributed by atoms with Gasteiger partial charge in [0.25, 0.3) is 0 Å². The van der Waals surface area contributed by atoms with Crippen molar-refractivity contribution in [1.82, 2.24) is 20.3 Å². The molecule has 1 aliphatic rings. The summed E-state index contributed by atoms with van der Waals surface area (Å²) in [4.78, 5) is 23.0. The fourth-order valence-corrected chi connectivity index (χ4v) is 3.01. The van der Waals surface area contributed by atoms with Crippen LogP contribution in [0.1, 0.15) is 26.7 Å². The minimum atomic E-state index is -3.15. The molecular weight excluding hydrogens is 308 g/mol. The first-order chi connectivity index (χ1) is 10.2. The molecule has 1 rings (SSSR count). The summed E-state index contributed by atoms with van der Waals surface area (Å²) in [5.41, 5.74) is 0. The van der Waals surface area contributed by atoms with Crippen LogP contribution in [0.5, 0.6) is 0 Å². The highest BCUT2D eigenvalue weighted by Gasteiger charge is 2.25. The maximum absolute atomic E-state index is 11.7. The SMILES string of the molecule is CC(C)C(=O)NCCNC(=O)NC1CCN(S(C)(=O)=O)CC1. The molecule has 3 N–H and O–H groups in total. The first-order valence-corrected chi connectivity index (χ1v) is 9.32. The molecule has 9 heteroatoms. The van der Waals surface area contributed by atoms with Crippen molar-refractivity contribution < 1.29 is 18.0 Å². The van der Waals surface area contributed by atoms with Gasteiger partial charge in [0.1, 0.15) is 0 Å². The third-order valence-electron chi connectivity index (χ3n) is 3.49. The number of hydrogen-bond donors (Lipinski definition) is 3. The Morgan fingerprint density at radius 2 is 1.68 bits per heavy atom. The number of carbonyl (C=O) groups excluding carboxylic acids is 2. The van der Waals surface area contributed by atoms with Crippen molar-refractivity contribution in [3.05, 3.63) is 0 Å². The molecule has 0 spiro atoms. The Morgan fingerprint density at radius 3 is 2.18 bits per heavy atom. The summed E-state index contributed by atoms with van der Waals surface area (Å²) in [6, 6.07) is -0.320. The molecular formula is C13H26N4O4S. The molecule has 0 aromatic heterocycles. The third-order valence-corrected chi connectivity index (χ3v) is 4.80. The second-order valence-electron chi connectivity index (χ2n) is 5.78. The number of carbonyl (C=O) groups is 2. The van der Waals surface area contributed by atoms with E-state index in [0.717, 1.165) is 0 Å². The second kappa shape index (κ2) is 8.33. The lowest BCUT2D eigenvalue weighted by Crippen LogP contribution is -2.49. The van der Waals surface area contributed by atoms with E-state index >= 15 is 0 Å². The quantitative estimate of drug-likeness (QED) is 0.568. The number of rotatable bonds is 6. The zero-order chi connectivity index (χ0) is 16.8. The van der Waals surface area contributed by atoms with E-state index < -0.39 is 10.0 Å². The first-order valence-electron chi connectivity index (χ1n) is 7.47. The van der Waals surface area contributed by atoms with Crippen LogP contribution in [0.15, 0.2) is 0 Å². The van der Waals surface area contributed by atoms with Gasteiger partial charge in [-0.05, 0) is 12.8 Å². The topological polar surface area (TPSA) is 108 Å². The van der Waals surface area contributed by atoms with Gasteiger partial charge < -0.3 is 16.0 Å². The van der Waals surface area contributed by atoms with Crippen LogP contribution in [0.4, 0.5) is 4.79 Å². The second-order valence-corrected chi connectivity index (χ2v) is 7.76. The van der Waals surface area contributed by atoms with E-state index in [2.05, 4.69) is 16.0 Å². The van der Waals surface area contributed by atoms with E-state index in [1.165, 1.54) is 10.6 Å². The Labute approximate surface area is 132 Å². The van der Waals surface area contributed by atoms with Crippen molar-refractivity contribution in [3.63, 3.8) is 0 Å². The van der Waals surface area contributed by atoms with E-state index in [0.29, 0.717) is 39.0 Å². The lowest BCUT2D eigenvalue weighted by atomic mass is 10.1. The van der Waals surface area contributed by atoms with Crippen molar-refractivity contribution in [2.45, 2.75) is 32.7 Å². The molecule has 0 aromatic carbocycles. The number of urea groups is 1. The minimum absolute atomic E-state index is 0.0248. The molecule has 0 saturated carbocycles. The molecule has 0 bridgehead atoms. The molecule has 1 heterocycles. The number of nitrogens with one attached hydrogen (secondary N) is 3. The van der Waals surface area contributed by atoms with E-state index in [4.69, 9.17) is 0 Å². The number of sulfonamides is 1. The van der Waals surface area contributed by atoms with Gasteiger partial charge in [0.15, 0.2) is 0 Å². The van der Waals surface area contributed by atoms with Crippen LogP contribution in [-0.4, -0.2) is 63.1 Å². The predicted octanol–water partition coefficient (Wildman–Crippen LogP) is -0.518. The number of nitrogens with zero attached hydrogens (tertiary/aromatic N) is 1. The van der Waals surface area contributed by atoms with E-state index in [1.54, 1.807) is 13.8 Å². The van der Waals surface area contributed by atoms with E-state index in [1.807, 2.05) is 0 Å². The van der Waals surface area contributed by atoms with Gasteiger partial charge in [0.2, 0.25) is 15.9 Å². The predicted molar refractivity (Wildman–Crippen MR) is 83.8 cm³/mol. The van der Waals surface area contributed by atoms with Crippen molar-refractivity contribution in [1.29, 1.82) is 0 Å². The van der Waals surface area contributed by atoms with E-state index in [9.17, 15) is 18.0 Å². The molecule has 0 aliphatic carbocycles. The molecule has 0 aromatic rings. The van der Waals surface area contributed by atoms with Crippen molar-refractivity contribution in [3.8, 4) is 0 Å². The van der Waals surface area contributed by atoms with Gasteiger partial charge in [-0.2, -0.15) is 0 Å². The fraction of sp³-hybridized carbons (Fsp3) is 0.846. The molecule has 1 fully saturated rings. The molecule has 1 aliphatic heterocycles. The van der Waals surface area contributed by atoms with Gasteiger partial charge in [0.05, 0.1) is 6.26 Å². The zero-order valence-corrected chi connectivity index (χ0v) is 14.2. The Balaban J connectivity index is 2.18. The zero-order valence-electron chi connectivity index (χ0n) is 13.4. The normalized spacial score (nSPS) is 17.3. The van der Waals surface area contributed by atoms with Gasteiger partial charge in [-0.3, -0.25) is 4.79 Å². The number of amides is 3. The molecule has 1 saturated heterocycles. The van der Waals surface area contributed by atoms with Crippen LogP contribution in [0.3, 0.4) is 0 Å². The average Bonchev–Trinajstić information content (AvgIpc) is 2.42. The van der Waals surface area contributed by atoms with Gasteiger partial charge in [-0.25, -0.2) is 17.5 Å². The highest BCUT2D eigenvalue weighted by Crippen LogP contribution is 2.12. The molecule has 0 atom stereocenters. The number of hydrogen-bond acceptors (Lipinski definition) is 4. The standard InChI is InChI=1S/C13H26N4O4S/c1-10(2)12(18)14-6-7-15-13(19)16-11-4-8-17(9-5-11)22(3,20)21/h10-11H,4-9H2,1-3H3,(H,14,18)(H2,15,16,19). The maximum atomic E-state index is 11.7. The van der Waals surface area contributed by atoms with E-state index in [-0.39, 0.29) is 23.9 Å². The van der Waals surface area contributed by atoms with Crippen molar-refractivity contribution in [2.24, 2.45) is 5.92 Å². The molecule has 8 nitrogen and oxygen atoms in total. The van der Waals surface area contributed by atoms with Gasteiger partial charge in [-0.15, -0.1) is 0 Å². The summed E-state index contributed by atoms with van der Waals surface area (Å²) in [5.74, 6) is -0.121. The third kappa shape index (κ3) is 6.61. The largest absolute Gasteiger partial charge is 0.354 e. The summed E-state index contributed by atoms with van der Waals surface area (Å²) in [7, 11) is -3.15. The van der Waals surface area contributed by atoms with Crippen LogP contribution in [-0.2, 0) is 14.8 Å². The van der Waals surface area contributed by atoms with Crippen LogP contribution >= 0.6 is 0 Å². The Hall–Kier alpha value is -1.35. The average molecular weight is 334 g/mol. The van der Waals surface area contributed by atoms with Crippen LogP contribution in [0.25, 0.3) is 0 Å². The summed E-state index contributed by atoms with van der Waals surface area (Å²) >= 11 is 0. The highest BCUT2D eigenvalue weighted by molar-refractivity contribution is 7.88.